The van der Waals surface area contributed by atoms with Crippen molar-refractivity contribution < 1.29 is 32.2 Å². The van der Waals surface area contributed by atoms with Gasteiger partial charge in [-0.25, -0.2) is 4.39 Å². The van der Waals surface area contributed by atoms with Crippen molar-refractivity contribution in [3.63, 3.8) is 0 Å². The highest BCUT2D eigenvalue weighted by Gasteiger charge is 2.62. The van der Waals surface area contributed by atoms with Gasteiger partial charge in [0.25, 0.3) is 0 Å². The zero-order chi connectivity index (χ0) is 26.0. The van der Waals surface area contributed by atoms with Crippen LogP contribution in [0.5, 0.6) is 0 Å². The number of thiophene rings is 1. The van der Waals surface area contributed by atoms with Crippen LogP contribution in [0.4, 0.5) is 22.0 Å². The molecule has 3 unspecified atom stereocenters. The summed E-state index contributed by atoms with van der Waals surface area (Å²) in [4.78, 5) is 1.13. The largest absolute Gasteiger partial charge is 0.392 e. The third kappa shape index (κ3) is 3.90. The highest BCUT2D eigenvalue weighted by Crippen LogP contribution is 2.59. The molecule has 2 aliphatic rings. The van der Waals surface area contributed by atoms with Gasteiger partial charge in [0.05, 0.1) is 13.2 Å². The highest BCUT2D eigenvalue weighted by molar-refractivity contribution is 8.00. The van der Waals surface area contributed by atoms with Gasteiger partial charge in [0.1, 0.15) is 6.17 Å². The summed E-state index contributed by atoms with van der Waals surface area (Å²) < 4.78 is 78.6. The molecule has 0 fully saturated rings. The fraction of sp³-hybridized carbons (Fsp3) is 0.407. The summed E-state index contributed by atoms with van der Waals surface area (Å²) in [5, 5.41) is 19.0. The predicted molar refractivity (Wildman–Crippen MR) is 134 cm³/mol. The summed E-state index contributed by atoms with van der Waals surface area (Å²) in [7, 11) is 0. The molecule has 36 heavy (non-hydrogen) atoms. The van der Waals surface area contributed by atoms with Gasteiger partial charge >= 0.3 is 11.8 Å². The van der Waals surface area contributed by atoms with Crippen LogP contribution in [0.15, 0.2) is 46.9 Å². The van der Waals surface area contributed by atoms with Crippen LogP contribution in [0.1, 0.15) is 52.8 Å². The van der Waals surface area contributed by atoms with Crippen molar-refractivity contribution in [1.29, 1.82) is 0 Å². The molecule has 1 aliphatic heterocycles. The molecule has 2 aromatic carbocycles. The number of allylic oxidation sites excluding steroid dienone is 2. The van der Waals surface area contributed by atoms with E-state index >= 15 is 22.0 Å². The van der Waals surface area contributed by atoms with Crippen LogP contribution in [0.2, 0.25) is 0 Å². The van der Waals surface area contributed by atoms with Gasteiger partial charge in [0, 0.05) is 48.6 Å². The van der Waals surface area contributed by atoms with E-state index in [4.69, 9.17) is 0 Å². The Labute approximate surface area is 213 Å². The molecule has 2 N–H and O–H groups in total. The maximum Gasteiger partial charge on any atom is 0.336 e. The van der Waals surface area contributed by atoms with Crippen LogP contribution >= 0.6 is 23.1 Å². The molecule has 1 aliphatic carbocycles. The number of halogens is 5. The molecule has 0 saturated carbocycles. The van der Waals surface area contributed by atoms with E-state index < -0.39 is 42.3 Å². The van der Waals surface area contributed by atoms with E-state index in [-0.39, 0.29) is 29.6 Å². The Hall–Kier alpha value is -1.94. The van der Waals surface area contributed by atoms with Crippen LogP contribution in [0.3, 0.4) is 0 Å². The van der Waals surface area contributed by atoms with E-state index in [1.807, 2.05) is 0 Å². The quantitative estimate of drug-likeness (QED) is 0.334. The normalized spacial score (nSPS) is 25.3. The number of rotatable bonds is 4. The first-order valence-corrected chi connectivity index (χ1v) is 13.4. The van der Waals surface area contributed by atoms with E-state index in [9.17, 15) is 10.2 Å². The molecule has 2 heterocycles. The average molecular weight is 541 g/mol. The minimum atomic E-state index is -4.59. The lowest BCUT2D eigenvalue weighted by Crippen LogP contribution is -2.41. The summed E-state index contributed by atoms with van der Waals surface area (Å²) in [6, 6.07) is 9.85. The van der Waals surface area contributed by atoms with Crippen LogP contribution in [0.25, 0.3) is 15.7 Å². The molecule has 0 amide bonds. The molecular weight excluding hydrogens is 515 g/mol. The minimum absolute atomic E-state index is 0.0404. The highest BCUT2D eigenvalue weighted by atomic mass is 32.2. The van der Waals surface area contributed by atoms with E-state index in [1.165, 1.54) is 23.1 Å². The van der Waals surface area contributed by atoms with Crippen LogP contribution < -0.4 is 0 Å². The van der Waals surface area contributed by atoms with Gasteiger partial charge in [-0.1, -0.05) is 31.2 Å². The van der Waals surface area contributed by atoms with Crippen molar-refractivity contribution in [3.8, 4) is 0 Å². The van der Waals surface area contributed by atoms with Crippen molar-refractivity contribution in [2.24, 2.45) is 0 Å². The molecule has 3 atom stereocenters. The van der Waals surface area contributed by atoms with Crippen LogP contribution in [-0.2, 0) is 13.2 Å². The molecule has 0 bridgehead atoms. The maximum absolute atomic E-state index is 16.0. The van der Waals surface area contributed by atoms with Gasteiger partial charge < -0.3 is 10.2 Å². The molecule has 5 rings (SSSR count). The second-order valence-electron chi connectivity index (χ2n) is 9.47. The predicted octanol–water partition coefficient (Wildman–Crippen LogP) is 7.63. The van der Waals surface area contributed by atoms with Gasteiger partial charge in [-0.15, -0.1) is 23.1 Å². The number of benzene rings is 2. The van der Waals surface area contributed by atoms with Crippen molar-refractivity contribution in [2.75, 3.05) is 0 Å². The number of hydrogen-bond acceptors (Lipinski definition) is 4. The number of thioether (sulfide) groups is 1. The molecule has 192 valence electrons. The third-order valence-corrected chi connectivity index (χ3v) is 9.51. The fourth-order valence-corrected chi connectivity index (χ4v) is 7.96. The lowest BCUT2D eigenvalue weighted by molar-refractivity contribution is -0.175. The smallest absolute Gasteiger partial charge is 0.336 e. The Morgan fingerprint density at radius 2 is 1.67 bits per heavy atom. The van der Waals surface area contributed by atoms with Gasteiger partial charge in [-0.3, -0.25) is 0 Å². The van der Waals surface area contributed by atoms with Crippen LogP contribution in [-0.4, -0.2) is 33.5 Å². The Bertz CT molecular complexity index is 1360. The molecule has 2 nitrogen and oxygen atoms in total. The monoisotopic (exact) mass is 540 g/mol. The Balaban J connectivity index is 1.85. The van der Waals surface area contributed by atoms with Crippen molar-refractivity contribution in [1.82, 2.24) is 0 Å². The van der Waals surface area contributed by atoms with E-state index in [0.29, 0.717) is 31.7 Å². The average Bonchev–Trinajstić information content (AvgIpc) is 3.32. The summed E-state index contributed by atoms with van der Waals surface area (Å²) in [5.74, 6) is -9.83. The molecule has 9 heteroatoms. The minimum Gasteiger partial charge on any atom is -0.392 e. The summed E-state index contributed by atoms with van der Waals surface area (Å²) in [6.45, 7) is 2.93. The Kier molecular flexibility index (Phi) is 6.51. The zero-order valence-corrected chi connectivity index (χ0v) is 21.3. The Morgan fingerprint density at radius 1 is 1.00 bits per heavy atom. The topological polar surface area (TPSA) is 40.5 Å². The second kappa shape index (κ2) is 9.11. The first kappa shape index (κ1) is 25.7. The number of aryl methyl sites for hydroxylation is 1. The fourth-order valence-electron chi connectivity index (χ4n) is 5.44. The van der Waals surface area contributed by atoms with Crippen molar-refractivity contribution in [3.05, 3.63) is 69.1 Å². The Morgan fingerprint density at radius 3 is 2.36 bits per heavy atom. The maximum atomic E-state index is 16.0. The van der Waals surface area contributed by atoms with E-state index in [0.717, 1.165) is 4.90 Å². The van der Waals surface area contributed by atoms with Gasteiger partial charge in [0.15, 0.2) is 0 Å². The first-order chi connectivity index (χ1) is 17.0. The molecule has 3 aromatic rings. The number of aliphatic hydroxyl groups excluding tert-OH is 2. The molecular formula is C27H25F5O2S2. The van der Waals surface area contributed by atoms with Crippen molar-refractivity contribution in [2.45, 2.75) is 74.0 Å². The third-order valence-electron chi connectivity index (χ3n) is 7.19. The van der Waals surface area contributed by atoms with Gasteiger partial charge in [-0.2, -0.15) is 17.6 Å². The number of aliphatic hydroxyl groups is 2. The number of hydrogen-bond donors (Lipinski definition) is 2. The number of alkyl halides is 5. The molecule has 0 spiro atoms. The first-order valence-electron chi connectivity index (χ1n) is 11.7. The lowest BCUT2D eigenvalue weighted by atomic mass is 9.79. The van der Waals surface area contributed by atoms with E-state index in [2.05, 4.69) is 0 Å². The molecule has 0 radical (unpaired) electrons. The van der Waals surface area contributed by atoms with Crippen LogP contribution in [0, 0.1) is 6.92 Å². The molecule has 0 saturated heterocycles. The lowest BCUT2D eigenvalue weighted by Gasteiger charge is -2.31. The number of fused-ring (bicyclic) bond motifs is 2. The van der Waals surface area contributed by atoms with Gasteiger partial charge in [0.2, 0.25) is 0 Å². The summed E-state index contributed by atoms with van der Waals surface area (Å²) >= 11 is 2.54. The zero-order valence-electron chi connectivity index (χ0n) is 19.6. The van der Waals surface area contributed by atoms with Gasteiger partial charge in [-0.05, 0) is 47.7 Å². The van der Waals surface area contributed by atoms with Crippen molar-refractivity contribution >= 4 is 38.8 Å². The summed E-state index contributed by atoms with van der Waals surface area (Å²) in [6.07, 6.45) is -3.93. The van der Waals surface area contributed by atoms with E-state index in [1.54, 1.807) is 50.2 Å². The molecule has 1 aromatic heterocycles. The second-order valence-corrected chi connectivity index (χ2v) is 12.1. The summed E-state index contributed by atoms with van der Waals surface area (Å²) in [5.41, 5.74) is 0.593. The standard InChI is InChI=1S/C27H25F5O2S2/c1-13-22(17-5-3-15(11-33)9-20(17)35-13)24-19(28)7-8-26(29,30)27(31,32)25(24)23-14(2)36-21-10-16(12-34)4-6-18(21)23/h3-6,9-10,13,19,22,33-34H,7-8,11-12H2,1-2H3. The SMILES string of the molecule is Cc1sc2cc(CO)ccc2c1C1=C(C2c3ccc(CO)cc3SC2C)C(F)CCC(F)(F)C1(F)F.